The summed E-state index contributed by atoms with van der Waals surface area (Å²) in [6.07, 6.45) is 3.27. The maximum absolute atomic E-state index is 11.9. The number of aryl methyl sites for hydroxylation is 1. The van der Waals surface area contributed by atoms with E-state index in [1.807, 2.05) is 13.1 Å². The van der Waals surface area contributed by atoms with Gasteiger partial charge in [-0.3, -0.25) is 4.79 Å². The van der Waals surface area contributed by atoms with E-state index in [1.165, 1.54) is 11.1 Å². The van der Waals surface area contributed by atoms with Crippen molar-refractivity contribution in [1.29, 1.82) is 0 Å². The number of Topliss-reactive ketones (excluding diaryl/α,β-unsaturated/α-hetero) is 1. The second kappa shape index (κ2) is 4.58. The number of rotatable bonds is 3. The van der Waals surface area contributed by atoms with Gasteiger partial charge in [0.25, 0.3) is 0 Å². The molecular weight excluding hydrogens is 186 g/mol. The van der Waals surface area contributed by atoms with Crippen LogP contribution in [0.4, 0.5) is 0 Å². The molecule has 1 atom stereocenters. The van der Waals surface area contributed by atoms with Crippen LogP contribution in [0.3, 0.4) is 0 Å². The van der Waals surface area contributed by atoms with Gasteiger partial charge in [0.1, 0.15) is 0 Å². The molecule has 0 spiro atoms. The zero-order valence-electron chi connectivity index (χ0n) is 9.12. The fraction of sp³-hybridized carbons (Fsp3) is 0.462. The van der Waals surface area contributed by atoms with Gasteiger partial charge in [0.15, 0.2) is 5.78 Å². The fourth-order valence-electron chi connectivity index (χ4n) is 2.39. The van der Waals surface area contributed by atoms with Crippen LogP contribution in [0.2, 0.25) is 0 Å². The number of carbonyl (C=O) groups excluding carboxylic acids is 1. The normalized spacial score (nSPS) is 19.7. The summed E-state index contributed by atoms with van der Waals surface area (Å²) in [5.74, 6) is 0.451. The van der Waals surface area contributed by atoms with Gasteiger partial charge in [-0.15, -0.1) is 0 Å². The summed E-state index contributed by atoms with van der Waals surface area (Å²) in [7, 11) is 1.83. The number of hydrogen-bond acceptors (Lipinski definition) is 2. The van der Waals surface area contributed by atoms with Crippen molar-refractivity contribution in [3.05, 3.63) is 35.4 Å². The van der Waals surface area contributed by atoms with Crippen molar-refractivity contribution in [2.24, 2.45) is 0 Å². The number of carbonyl (C=O) groups is 1. The lowest BCUT2D eigenvalue weighted by Gasteiger charge is -2.24. The van der Waals surface area contributed by atoms with Crippen molar-refractivity contribution >= 4 is 5.78 Å². The first kappa shape index (κ1) is 10.4. The lowest BCUT2D eigenvalue weighted by molar-refractivity contribution is -0.119. The average Bonchev–Trinajstić information content (AvgIpc) is 2.28. The molecule has 0 saturated heterocycles. The summed E-state index contributed by atoms with van der Waals surface area (Å²) in [5, 5.41) is 2.95. The Hall–Kier alpha value is -1.15. The Bertz CT molecular complexity index is 359. The van der Waals surface area contributed by atoms with Crippen LogP contribution < -0.4 is 5.32 Å². The summed E-state index contributed by atoms with van der Waals surface area (Å²) in [4.78, 5) is 11.9. The maximum Gasteiger partial charge on any atom is 0.154 e. The number of hydrogen-bond donors (Lipinski definition) is 1. The molecular formula is C13H17NO. The Morgan fingerprint density at radius 1 is 1.47 bits per heavy atom. The van der Waals surface area contributed by atoms with Gasteiger partial charge in [-0.2, -0.15) is 0 Å². The summed E-state index contributed by atoms with van der Waals surface area (Å²) in [6.45, 7) is 0.485. The highest BCUT2D eigenvalue weighted by Crippen LogP contribution is 2.31. The quantitative estimate of drug-likeness (QED) is 0.813. The molecule has 1 N–H and O–H groups in total. The molecule has 0 heterocycles. The number of fused-ring (bicyclic) bond motifs is 1. The summed E-state index contributed by atoms with van der Waals surface area (Å²) in [5.41, 5.74) is 2.61. The van der Waals surface area contributed by atoms with Gasteiger partial charge in [-0.25, -0.2) is 0 Å². The third kappa shape index (κ3) is 2.10. The van der Waals surface area contributed by atoms with E-state index in [0.717, 1.165) is 19.3 Å². The number of nitrogens with one attached hydrogen (secondary N) is 1. The Morgan fingerprint density at radius 3 is 3.07 bits per heavy atom. The molecule has 1 unspecified atom stereocenters. The zero-order chi connectivity index (χ0) is 10.7. The topological polar surface area (TPSA) is 29.1 Å². The smallest absolute Gasteiger partial charge is 0.154 e. The van der Waals surface area contributed by atoms with Crippen molar-refractivity contribution < 1.29 is 4.79 Å². The third-order valence-electron chi connectivity index (χ3n) is 3.11. The molecule has 2 rings (SSSR count). The van der Waals surface area contributed by atoms with E-state index >= 15 is 0 Å². The van der Waals surface area contributed by atoms with Crippen molar-refractivity contribution in [2.75, 3.05) is 13.6 Å². The molecule has 1 aliphatic rings. The van der Waals surface area contributed by atoms with Crippen molar-refractivity contribution in [3.8, 4) is 0 Å². The Kier molecular flexibility index (Phi) is 3.17. The SMILES string of the molecule is CNCC(=O)C1CCCc2ccccc21. The molecule has 0 bridgehead atoms. The highest BCUT2D eigenvalue weighted by molar-refractivity contribution is 5.88. The second-order valence-corrected chi connectivity index (χ2v) is 4.14. The number of likely N-dealkylation sites (N-methyl/N-ethyl adjacent to an activating group) is 1. The lowest BCUT2D eigenvalue weighted by Crippen LogP contribution is -2.27. The number of benzene rings is 1. The van der Waals surface area contributed by atoms with E-state index in [1.54, 1.807) is 0 Å². The Labute approximate surface area is 90.7 Å². The summed E-state index contributed by atoms with van der Waals surface area (Å²) < 4.78 is 0. The van der Waals surface area contributed by atoms with Crippen LogP contribution >= 0.6 is 0 Å². The molecule has 0 saturated carbocycles. The summed E-state index contributed by atoms with van der Waals surface area (Å²) in [6, 6.07) is 8.34. The van der Waals surface area contributed by atoms with Gasteiger partial charge in [-0.1, -0.05) is 24.3 Å². The molecule has 1 aliphatic carbocycles. The minimum Gasteiger partial charge on any atom is -0.313 e. The third-order valence-corrected chi connectivity index (χ3v) is 3.11. The van der Waals surface area contributed by atoms with Crippen LogP contribution in [0.5, 0.6) is 0 Å². The molecule has 15 heavy (non-hydrogen) atoms. The Morgan fingerprint density at radius 2 is 2.27 bits per heavy atom. The highest BCUT2D eigenvalue weighted by Gasteiger charge is 2.24. The molecule has 0 radical (unpaired) electrons. The van der Waals surface area contributed by atoms with Gasteiger partial charge >= 0.3 is 0 Å². The van der Waals surface area contributed by atoms with E-state index in [4.69, 9.17) is 0 Å². The van der Waals surface area contributed by atoms with E-state index in [2.05, 4.69) is 23.5 Å². The molecule has 1 aromatic carbocycles. The van der Waals surface area contributed by atoms with Crippen LogP contribution in [0.25, 0.3) is 0 Å². The first-order valence-electron chi connectivity index (χ1n) is 5.58. The van der Waals surface area contributed by atoms with E-state index in [-0.39, 0.29) is 5.92 Å². The Balaban J connectivity index is 2.25. The predicted molar refractivity (Wildman–Crippen MR) is 61.1 cm³/mol. The molecule has 0 amide bonds. The summed E-state index contributed by atoms with van der Waals surface area (Å²) >= 11 is 0. The predicted octanol–water partition coefficient (Wildman–Crippen LogP) is 1.90. The van der Waals surface area contributed by atoms with Crippen LogP contribution in [0, 0.1) is 0 Å². The standard InChI is InChI=1S/C13H17NO/c1-14-9-13(15)12-8-4-6-10-5-2-3-7-11(10)12/h2-3,5,7,12,14H,4,6,8-9H2,1H3. The minimum absolute atomic E-state index is 0.127. The molecule has 2 heteroatoms. The fourth-order valence-corrected chi connectivity index (χ4v) is 2.39. The van der Waals surface area contributed by atoms with Gasteiger partial charge < -0.3 is 5.32 Å². The van der Waals surface area contributed by atoms with E-state index in [0.29, 0.717) is 12.3 Å². The van der Waals surface area contributed by atoms with Crippen molar-refractivity contribution in [3.63, 3.8) is 0 Å². The average molecular weight is 203 g/mol. The minimum atomic E-state index is 0.127. The largest absolute Gasteiger partial charge is 0.313 e. The molecule has 2 nitrogen and oxygen atoms in total. The molecule has 0 aromatic heterocycles. The van der Waals surface area contributed by atoms with E-state index < -0.39 is 0 Å². The van der Waals surface area contributed by atoms with Gasteiger partial charge in [0, 0.05) is 5.92 Å². The second-order valence-electron chi connectivity index (χ2n) is 4.14. The first-order chi connectivity index (χ1) is 7.33. The molecule has 1 aromatic rings. The number of ketones is 1. The van der Waals surface area contributed by atoms with Crippen molar-refractivity contribution in [2.45, 2.75) is 25.2 Å². The monoisotopic (exact) mass is 203 g/mol. The van der Waals surface area contributed by atoms with Crippen LogP contribution in [-0.2, 0) is 11.2 Å². The first-order valence-corrected chi connectivity index (χ1v) is 5.58. The van der Waals surface area contributed by atoms with E-state index in [9.17, 15) is 4.79 Å². The van der Waals surface area contributed by atoms with Crippen LogP contribution in [0.15, 0.2) is 24.3 Å². The van der Waals surface area contributed by atoms with Crippen molar-refractivity contribution in [1.82, 2.24) is 5.32 Å². The highest BCUT2D eigenvalue weighted by atomic mass is 16.1. The van der Waals surface area contributed by atoms with Crippen LogP contribution in [0.1, 0.15) is 29.9 Å². The van der Waals surface area contributed by atoms with Crippen LogP contribution in [-0.4, -0.2) is 19.4 Å². The molecule has 80 valence electrons. The molecule has 0 fully saturated rings. The van der Waals surface area contributed by atoms with Gasteiger partial charge in [0.05, 0.1) is 6.54 Å². The van der Waals surface area contributed by atoms with Gasteiger partial charge in [0.2, 0.25) is 0 Å². The molecule has 0 aliphatic heterocycles. The maximum atomic E-state index is 11.9. The zero-order valence-corrected chi connectivity index (χ0v) is 9.12. The lowest BCUT2D eigenvalue weighted by atomic mass is 9.80. The van der Waals surface area contributed by atoms with Gasteiger partial charge in [-0.05, 0) is 37.4 Å².